The smallest absolute Gasteiger partial charge is 0.251 e. The van der Waals surface area contributed by atoms with E-state index in [-0.39, 0.29) is 11.9 Å². The summed E-state index contributed by atoms with van der Waals surface area (Å²) in [5.74, 6) is 0.603. The Labute approximate surface area is 95.1 Å². The lowest BCUT2D eigenvalue weighted by Crippen LogP contribution is -2.33. The molecule has 3 nitrogen and oxygen atoms in total. The lowest BCUT2D eigenvalue weighted by Gasteiger charge is -2.12. The Kier molecular flexibility index (Phi) is 2.91. The highest BCUT2D eigenvalue weighted by atomic mass is 16.1. The number of benzene rings is 1. The number of carbonyl (C=O) groups excluding carboxylic acids is 1. The normalized spacial score (nSPS) is 16.2. The van der Waals surface area contributed by atoms with Crippen LogP contribution in [0.1, 0.15) is 35.7 Å². The van der Waals surface area contributed by atoms with Crippen LogP contribution in [0.25, 0.3) is 0 Å². The zero-order chi connectivity index (χ0) is 11.5. The molecule has 0 heterocycles. The van der Waals surface area contributed by atoms with Crippen molar-refractivity contribution in [1.29, 1.82) is 5.26 Å². The van der Waals surface area contributed by atoms with E-state index in [4.69, 9.17) is 5.26 Å². The van der Waals surface area contributed by atoms with Gasteiger partial charge in [0.1, 0.15) is 0 Å². The summed E-state index contributed by atoms with van der Waals surface area (Å²) in [5, 5.41) is 11.6. The van der Waals surface area contributed by atoms with E-state index in [9.17, 15) is 4.79 Å². The van der Waals surface area contributed by atoms with Crippen LogP contribution in [0.3, 0.4) is 0 Å². The van der Waals surface area contributed by atoms with Crippen molar-refractivity contribution in [3.8, 4) is 6.07 Å². The molecule has 0 saturated heterocycles. The van der Waals surface area contributed by atoms with Crippen LogP contribution in [0, 0.1) is 17.2 Å². The van der Waals surface area contributed by atoms with Crippen LogP contribution in [0.5, 0.6) is 0 Å². The van der Waals surface area contributed by atoms with Gasteiger partial charge in [-0.25, -0.2) is 0 Å². The van der Waals surface area contributed by atoms with Gasteiger partial charge in [0.05, 0.1) is 11.6 Å². The fourth-order valence-electron chi connectivity index (χ4n) is 1.70. The summed E-state index contributed by atoms with van der Waals surface area (Å²) in [6.07, 6.45) is 2.43. The third-order valence-electron chi connectivity index (χ3n) is 2.96. The second-order valence-electron chi connectivity index (χ2n) is 4.29. The number of carbonyl (C=O) groups is 1. The first-order valence-corrected chi connectivity index (χ1v) is 5.51. The van der Waals surface area contributed by atoms with Crippen LogP contribution < -0.4 is 5.32 Å². The van der Waals surface area contributed by atoms with Crippen LogP contribution in [-0.2, 0) is 0 Å². The van der Waals surface area contributed by atoms with Crippen molar-refractivity contribution < 1.29 is 4.79 Å². The Balaban J connectivity index is 2.00. The molecule has 0 spiro atoms. The zero-order valence-electron chi connectivity index (χ0n) is 9.23. The molecule has 16 heavy (non-hydrogen) atoms. The van der Waals surface area contributed by atoms with Gasteiger partial charge in [0.25, 0.3) is 5.91 Å². The summed E-state index contributed by atoms with van der Waals surface area (Å²) in [6.45, 7) is 2.04. The van der Waals surface area contributed by atoms with E-state index in [1.807, 2.05) is 13.0 Å². The van der Waals surface area contributed by atoms with E-state index in [0.717, 1.165) is 0 Å². The Hall–Kier alpha value is -1.82. The first-order valence-electron chi connectivity index (χ1n) is 5.51. The lowest BCUT2D eigenvalue weighted by molar-refractivity contribution is 0.0936. The fraction of sp³-hybridized carbons (Fsp3) is 0.385. The van der Waals surface area contributed by atoms with E-state index in [2.05, 4.69) is 5.32 Å². The average molecular weight is 214 g/mol. The maximum atomic E-state index is 11.8. The van der Waals surface area contributed by atoms with Crippen molar-refractivity contribution in [1.82, 2.24) is 5.32 Å². The molecule has 1 saturated carbocycles. The highest BCUT2D eigenvalue weighted by molar-refractivity contribution is 5.94. The van der Waals surface area contributed by atoms with Gasteiger partial charge in [-0.1, -0.05) is 0 Å². The summed E-state index contributed by atoms with van der Waals surface area (Å²) in [5.41, 5.74) is 1.19. The molecular weight excluding hydrogens is 200 g/mol. The first kappa shape index (κ1) is 10.7. The van der Waals surface area contributed by atoms with E-state index < -0.39 is 0 Å². The predicted molar refractivity (Wildman–Crippen MR) is 60.8 cm³/mol. The molecule has 2 rings (SSSR count). The van der Waals surface area contributed by atoms with Crippen molar-refractivity contribution in [3.05, 3.63) is 35.4 Å². The van der Waals surface area contributed by atoms with Gasteiger partial charge in [0, 0.05) is 11.6 Å². The van der Waals surface area contributed by atoms with Gasteiger partial charge in [-0.2, -0.15) is 5.26 Å². The van der Waals surface area contributed by atoms with Crippen LogP contribution in [0.4, 0.5) is 0 Å². The molecule has 0 bridgehead atoms. The van der Waals surface area contributed by atoms with E-state index >= 15 is 0 Å². The summed E-state index contributed by atoms with van der Waals surface area (Å²) < 4.78 is 0. The van der Waals surface area contributed by atoms with Crippen molar-refractivity contribution in [2.75, 3.05) is 0 Å². The fourth-order valence-corrected chi connectivity index (χ4v) is 1.70. The molecule has 0 aromatic heterocycles. The van der Waals surface area contributed by atoms with Crippen LogP contribution in [0.2, 0.25) is 0 Å². The summed E-state index contributed by atoms with van der Waals surface area (Å²) in [4.78, 5) is 11.8. The molecule has 1 aliphatic carbocycles. The topological polar surface area (TPSA) is 52.9 Å². The SMILES string of the molecule is CC(NC(=O)c1ccc(C#N)cc1)C1CC1. The second kappa shape index (κ2) is 4.36. The van der Waals surface area contributed by atoms with Gasteiger partial charge in [0.15, 0.2) is 0 Å². The van der Waals surface area contributed by atoms with E-state index in [0.29, 0.717) is 17.0 Å². The van der Waals surface area contributed by atoms with Gasteiger partial charge >= 0.3 is 0 Å². The van der Waals surface area contributed by atoms with Gasteiger partial charge in [-0.3, -0.25) is 4.79 Å². The van der Waals surface area contributed by atoms with Crippen molar-refractivity contribution in [2.45, 2.75) is 25.8 Å². The molecule has 1 atom stereocenters. The number of nitrogens with zero attached hydrogens (tertiary/aromatic N) is 1. The first-order chi connectivity index (χ1) is 7.70. The number of amides is 1. The van der Waals surface area contributed by atoms with Crippen LogP contribution >= 0.6 is 0 Å². The molecule has 1 aromatic carbocycles. The minimum absolute atomic E-state index is 0.0520. The molecule has 1 fully saturated rings. The highest BCUT2D eigenvalue weighted by Gasteiger charge is 2.28. The van der Waals surface area contributed by atoms with Crippen molar-refractivity contribution in [2.24, 2.45) is 5.92 Å². The molecule has 0 aliphatic heterocycles. The number of nitriles is 1. The molecule has 0 radical (unpaired) electrons. The minimum Gasteiger partial charge on any atom is -0.349 e. The van der Waals surface area contributed by atoms with E-state index in [1.165, 1.54) is 12.8 Å². The molecule has 1 amide bonds. The average Bonchev–Trinajstić information content (AvgIpc) is 3.13. The molecule has 3 heteroatoms. The number of rotatable bonds is 3. The molecule has 1 aliphatic rings. The van der Waals surface area contributed by atoms with Crippen molar-refractivity contribution >= 4 is 5.91 Å². The van der Waals surface area contributed by atoms with Gasteiger partial charge in [0.2, 0.25) is 0 Å². The molecule has 1 aromatic rings. The Morgan fingerprint density at radius 2 is 2.06 bits per heavy atom. The largest absolute Gasteiger partial charge is 0.349 e. The standard InChI is InChI=1S/C13H14N2O/c1-9(11-6-7-11)15-13(16)12-4-2-10(8-14)3-5-12/h2-5,9,11H,6-7H2,1H3,(H,15,16). The maximum Gasteiger partial charge on any atom is 0.251 e. The number of hydrogen-bond acceptors (Lipinski definition) is 2. The van der Waals surface area contributed by atoms with Crippen LogP contribution in [0.15, 0.2) is 24.3 Å². The monoisotopic (exact) mass is 214 g/mol. The Morgan fingerprint density at radius 3 is 2.56 bits per heavy atom. The summed E-state index contributed by atoms with van der Waals surface area (Å²) in [6, 6.07) is 8.99. The summed E-state index contributed by atoms with van der Waals surface area (Å²) >= 11 is 0. The zero-order valence-corrected chi connectivity index (χ0v) is 9.23. The number of hydrogen-bond donors (Lipinski definition) is 1. The minimum atomic E-state index is -0.0520. The Morgan fingerprint density at radius 1 is 1.44 bits per heavy atom. The van der Waals surface area contributed by atoms with Gasteiger partial charge in [-0.15, -0.1) is 0 Å². The molecule has 82 valence electrons. The molecule has 1 unspecified atom stereocenters. The number of nitrogens with one attached hydrogen (secondary N) is 1. The second-order valence-corrected chi connectivity index (χ2v) is 4.29. The van der Waals surface area contributed by atoms with Crippen LogP contribution in [-0.4, -0.2) is 11.9 Å². The van der Waals surface area contributed by atoms with Gasteiger partial charge < -0.3 is 5.32 Å². The molecular formula is C13H14N2O. The van der Waals surface area contributed by atoms with Crippen molar-refractivity contribution in [3.63, 3.8) is 0 Å². The van der Waals surface area contributed by atoms with Gasteiger partial charge in [-0.05, 0) is 49.9 Å². The Bertz CT molecular complexity index is 426. The third kappa shape index (κ3) is 2.40. The quantitative estimate of drug-likeness (QED) is 0.837. The summed E-state index contributed by atoms with van der Waals surface area (Å²) in [7, 11) is 0. The van der Waals surface area contributed by atoms with E-state index in [1.54, 1.807) is 24.3 Å². The third-order valence-corrected chi connectivity index (χ3v) is 2.96. The molecule has 1 N–H and O–H groups in total. The predicted octanol–water partition coefficient (Wildman–Crippen LogP) is 2.09. The lowest BCUT2D eigenvalue weighted by atomic mass is 10.1. The maximum absolute atomic E-state index is 11.8. The highest BCUT2D eigenvalue weighted by Crippen LogP contribution is 2.32.